The van der Waals surface area contributed by atoms with E-state index < -0.39 is 0 Å². The maximum absolute atomic E-state index is 5.85. The summed E-state index contributed by atoms with van der Waals surface area (Å²) in [6.45, 7) is 2.62. The molecule has 0 atom stereocenters. The van der Waals surface area contributed by atoms with Crippen molar-refractivity contribution >= 4 is 33.1 Å². The number of methoxy groups -OCH3 is 1. The van der Waals surface area contributed by atoms with Crippen LogP contribution < -0.4 is 20.5 Å². The molecule has 0 saturated carbocycles. The van der Waals surface area contributed by atoms with Gasteiger partial charge in [-0.15, -0.1) is 0 Å². The van der Waals surface area contributed by atoms with Gasteiger partial charge in [0.15, 0.2) is 0 Å². The van der Waals surface area contributed by atoms with E-state index in [-0.39, 0.29) is 0 Å². The summed E-state index contributed by atoms with van der Waals surface area (Å²) in [6, 6.07) is 9.29. The first-order valence-electron chi connectivity index (χ1n) is 6.63. The summed E-state index contributed by atoms with van der Waals surface area (Å²) in [5, 5.41) is 3.21. The molecule has 21 heavy (non-hydrogen) atoms. The number of nitrogens with zero attached hydrogens (tertiary/aromatic N) is 1. The fourth-order valence-electron chi connectivity index (χ4n) is 1.74. The van der Waals surface area contributed by atoms with Crippen LogP contribution in [0.15, 0.2) is 34.8 Å². The van der Waals surface area contributed by atoms with E-state index >= 15 is 0 Å². The molecule has 0 fully saturated rings. The second-order valence-electron chi connectivity index (χ2n) is 4.44. The van der Waals surface area contributed by atoms with Crippen molar-refractivity contribution in [1.29, 1.82) is 0 Å². The number of nitrogen functional groups attached to an aromatic ring is 1. The second-order valence-corrected chi connectivity index (χ2v) is 5.36. The van der Waals surface area contributed by atoms with Crippen LogP contribution in [0.25, 0.3) is 0 Å². The standard InChI is InChI=1S/C15H18BrN3O2/c1-3-6-21-15-13(17)4-5-14(19-15)18-11-7-10(16)8-12(9-11)20-2/h4-5,7-9H,3,6,17H2,1-2H3,(H,18,19). The van der Waals surface area contributed by atoms with E-state index in [1.807, 2.05) is 31.2 Å². The molecule has 1 heterocycles. The molecule has 0 unspecified atom stereocenters. The molecule has 6 heteroatoms. The summed E-state index contributed by atoms with van der Waals surface area (Å²) in [6.07, 6.45) is 0.904. The molecule has 0 aliphatic carbocycles. The van der Waals surface area contributed by atoms with Gasteiger partial charge in [0, 0.05) is 16.2 Å². The zero-order chi connectivity index (χ0) is 15.2. The average Bonchev–Trinajstić information content (AvgIpc) is 2.47. The van der Waals surface area contributed by atoms with Crippen LogP contribution in [-0.2, 0) is 0 Å². The first-order chi connectivity index (χ1) is 10.1. The summed E-state index contributed by atoms with van der Waals surface area (Å²) >= 11 is 3.44. The molecule has 0 aliphatic heterocycles. The van der Waals surface area contributed by atoms with Gasteiger partial charge in [0.05, 0.1) is 19.4 Å². The van der Waals surface area contributed by atoms with E-state index in [0.717, 1.165) is 22.3 Å². The SMILES string of the molecule is CCCOc1nc(Nc2cc(Br)cc(OC)c2)ccc1N. The number of pyridine rings is 1. The van der Waals surface area contributed by atoms with E-state index in [4.69, 9.17) is 15.2 Å². The highest BCUT2D eigenvalue weighted by molar-refractivity contribution is 9.10. The summed E-state index contributed by atoms with van der Waals surface area (Å²) in [7, 11) is 1.63. The molecule has 5 nitrogen and oxygen atoms in total. The Morgan fingerprint density at radius 3 is 2.81 bits per heavy atom. The van der Waals surface area contributed by atoms with Crippen LogP contribution in [0, 0.1) is 0 Å². The van der Waals surface area contributed by atoms with Gasteiger partial charge >= 0.3 is 0 Å². The number of nitrogens with one attached hydrogen (secondary N) is 1. The molecular formula is C15H18BrN3O2. The third-order valence-corrected chi connectivity index (χ3v) is 3.17. The van der Waals surface area contributed by atoms with E-state index in [9.17, 15) is 0 Å². The highest BCUT2D eigenvalue weighted by atomic mass is 79.9. The van der Waals surface area contributed by atoms with Crippen LogP contribution in [0.3, 0.4) is 0 Å². The molecular weight excluding hydrogens is 334 g/mol. The maximum Gasteiger partial charge on any atom is 0.239 e. The zero-order valence-electron chi connectivity index (χ0n) is 12.0. The summed E-state index contributed by atoms with van der Waals surface area (Å²) in [4.78, 5) is 4.38. The Balaban J connectivity index is 2.21. The molecule has 0 aliphatic rings. The van der Waals surface area contributed by atoms with Crippen LogP contribution in [0.1, 0.15) is 13.3 Å². The van der Waals surface area contributed by atoms with Crippen LogP contribution in [0.4, 0.5) is 17.2 Å². The molecule has 1 aromatic heterocycles. The number of ether oxygens (including phenoxy) is 2. The van der Waals surface area contributed by atoms with Gasteiger partial charge in [0.1, 0.15) is 11.6 Å². The van der Waals surface area contributed by atoms with Gasteiger partial charge in [-0.25, -0.2) is 0 Å². The Morgan fingerprint density at radius 1 is 1.29 bits per heavy atom. The normalized spacial score (nSPS) is 10.2. The van der Waals surface area contributed by atoms with Gasteiger partial charge in [-0.3, -0.25) is 0 Å². The van der Waals surface area contributed by atoms with Crippen molar-refractivity contribution in [3.05, 3.63) is 34.8 Å². The smallest absolute Gasteiger partial charge is 0.239 e. The molecule has 2 aromatic rings. The lowest BCUT2D eigenvalue weighted by Crippen LogP contribution is -2.03. The highest BCUT2D eigenvalue weighted by Gasteiger charge is 2.06. The predicted molar refractivity (Wildman–Crippen MR) is 88.4 cm³/mol. The molecule has 0 bridgehead atoms. The van der Waals surface area contributed by atoms with Crippen molar-refractivity contribution in [1.82, 2.24) is 4.98 Å². The topological polar surface area (TPSA) is 69.4 Å². The maximum atomic E-state index is 5.85. The number of hydrogen-bond acceptors (Lipinski definition) is 5. The number of anilines is 3. The first kappa shape index (κ1) is 15.4. The molecule has 2 rings (SSSR count). The quantitative estimate of drug-likeness (QED) is 0.823. The summed E-state index contributed by atoms with van der Waals surface area (Å²) < 4.78 is 11.7. The predicted octanol–water partition coefficient (Wildman–Crippen LogP) is 3.97. The third kappa shape index (κ3) is 4.26. The van der Waals surface area contributed by atoms with Crippen molar-refractivity contribution in [3.8, 4) is 11.6 Å². The van der Waals surface area contributed by atoms with Gasteiger partial charge in [0.25, 0.3) is 0 Å². The molecule has 0 radical (unpaired) electrons. The van der Waals surface area contributed by atoms with Crippen molar-refractivity contribution in [2.75, 3.05) is 24.8 Å². The summed E-state index contributed by atoms with van der Waals surface area (Å²) in [5.41, 5.74) is 7.24. The van der Waals surface area contributed by atoms with Crippen LogP contribution in [-0.4, -0.2) is 18.7 Å². The molecule has 3 N–H and O–H groups in total. The van der Waals surface area contributed by atoms with Gasteiger partial charge < -0.3 is 20.5 Å². The molecule has 0 saturated heterocycles. The van der Waals surface area contributed by atoms with E-state index in [1.165, 1.54) is 0 Å². The highest BCUT2D eigenvalue weighted by Crippen LogP contribution is 2.28. The number of benzene rings is 1. The van der Waals surface area contributed by atoms with Gasteiger partial charge in [-0.05, 0) is 30.7 Å². The van der Waals surface area contributed by atoms with Crippen molar-refractivity contribution in [2.24, 2.45) is 0 Å². The number of hydrogen-bond donors (Lipinski definition) is 2. The van der Waals surface area contributed by atoms with Gasteiger partial charge in [-0.2, -0.15) is 4.98 Å². The zero-order valence-corrected chi connectivity index (χ0v) is 13.6. The second kappa shape index (κ2) is 7.17. The van der Waals surface area contributed by atoms with E-state index in [0.29, 0.717) is 24.0 Å². The van der Waals surface area contributed by atoms with Gasteiger partial charge in [-0.1, -0.05) is 22.9 Å². The van der Waals surface area contributed by atoms with Crippen molar-refractivity contribution in [3.63, 3.8) is 0 Å². The minimum Gasteiger partial charge on any atom is -0.497 e. The average molecular weight is 352 g/mol. The Morgan fingerprint density at radius 2 is 2.10 bits per heavy atom. The Bertz CT molecular complexity index is 620. The Hall–Kier alpha value is -1.95. The molecule has 0 amide bonds. The van der Waals surface area contributed by atoms with Crippen molar-refractivity contribution in [2.45, 2.75) is 13.3 Å². The first-order valence-corrected chi connectivity index (χ1v) is 7.42. The molecule has 1 aromatic carbocycles. The van der Waals surface area contributed by atoms with Crippen LogP contribution >= 0.6 is 15.9 Å². The van der Waals surface area contributed by atoms with Crippen molar-refractivity contribution < 1.29 is 9.47 Å². The fourth-order valence-corrected chi connectivity index (χ4v) is 2.21. The minimum absolute atomic E-state index is 0.448. The Kier molecular flexibility index (Phi) is 5.27. The number of aromatic nitrogens is 1. The lowest BCUT2D eigenvalue weighted by atomic mass is 10.3. The minimum atomic E-state index is 0.448. The van der Waals surface area contributed by atoms with Crippen LogP contribution in [0.2, 0.25) is 0 Å². The fraction of sp³-hybridized carbons (Fsp3) is 0.267. The molecule has 112 valence electrons. The van der Waals surface area contributed by atoms with Gasteiger partial charge in [0.2, 0.25) is 5.88 Å². The lowest BCUT2D eigenvalue weighted by Gasteiger charge is -2.11. The van der Waals surface area contributed by atoms with Crippen LogP contribution in [0.5, 0.6) is 11.6 Å². The molecule has 0 spiro atoms. The third-order valence-electron chi connectivity index (χ3n) is 2.71. The number of nitrogens with two attached hydrogens (primary N) is 1. The summed E-state index contributed by atoms with van der Waals surface area (Å²) in [5.74, 6) is 1.86. The Labute approximate surface area is 132 Å². The number of rotatable bonds is 6. The van der Waals surface area contributed by atoms with E-state index in [2.05, 4.69) is 26.2 Å². The van der Waals surface area contributed by atoms with E-state index in [1.54, 1.807) is 13.2 Å². The largest absolute Gasteiger partial charge is 0.497 e. The monoisotopic (exact) mass is 351 g/mol. The number of halogens is 1. The lowest BCUT2D eigenvalue weighted by molar-refractivity contribution is 0.307.